The van der Waals surface area contributed by atoms with Crippen LogP contribution in [0.2, 0.25) is 0 Å². The number of fused-ring (bicyclic) bond motifs is 1. The molecule has 4 rings (SSSR count). The van der Waals surface area contributed by atoms with Gasteiger partial charge < -0.3 is 19.7 Å². The second-order valence-corrected chi connectivity index (χ2v) is 6.51. The molecular weight excluding hydrogens is 356 g/mol. The first-order valence-corrected chi connectivity index (χ1v) is 8.70. The van der Waals surface area contributed by atoms with E-state index in [9.17, 15) is 13.6 Å². The molecule has 27 heavy (non-hydrogen) atoms. The standard InChI is InChI=1S/C19H19F2N3O3/c20-15-3-2-14(10-16(15)21)22-19(25)24-7-5-23(6-8-24)11-13-1-4-17-18(9-13)27-12-26-17/h1-4,9-10H,5-8,11-12H2,(H,22,25). The molecule has 0 spiro atoms. The van der Waals surface area contributed by atoms with Crippen LogP contribution in [0.1, 0.15) is 5.56 Å². The maximum Gasteiger partial charge on any atom is 0.321 e. The first-order valence-electron chi connectivity index (χ1n) is 8.70. The van der Waals surface area contributed by atoms with Gasteiger partial charge in [-0.2, -0.15) is 0 Å². The van der Waals surface area contributed by atoms with Gasteiger partial charge in [0, 0.05) is 44.5 Å². The number of anilines is 1. The highest BCUT2D eigenvalue weighted by Gasteiger charge is 2.22. The summed E-state index contributed by atoms with van der Waals surface area (Å²) in [5.41, 5.74) is 1.36. The molecule has 0 unspecified atom stereocenters. The van der Waals surface area contributed by atoms with Crippen molar-refractivity contribution < 1.29 is 23.0 Å². The topological polar surface area (TPSA) is 54.0 Å². The van der Waals surface area contributed by atoms with Crippen molar-refractivity contribution in [1.82, 2.24) is 9.80 Å². The zero-order chi connectivity index (χ0) is 18.8. The van der Waals surface area contributed by atoms with Gasteiger partial charge in [0.2, 0.25) is 6.79 Å². The van der Waals surface area contributed by atoms with E-state index in [4.69, 9.17) is 9.47 Å². The Labute approximate surface area is 155 Å². The molecule has 2 aliphatic rings. The average Bonchev–Trinajstić information content (AvgIpc) is 3.13. The van der Waals surface area contributed by atoms with Crippen molar-refractivity contribution in [3.8, 4) is 11.5 Å². The van der Waals surface area contributed by atoms with Crippen LogP contribution in [0.25, 0.3) is 0 Å². The smallest absolute Gasteiger partial charge is 0.321 e. The highest BCUT2D eigenvalue weighted by Crippen LogP contribution is 2.32. The summed E-state index contributed by atoms with van der Waals surface area (Å²) < 4.78 is 36.9. The lowest BCUT2D eigenvalue weighted by molar-refractivity contribution is 0.143. The van der Waals surface area contributed by atoms with Gasteiger partial charge in [-0.25, -0.2) is 13.6 Å². The fraction of sp³-hybridized carbons (Fsp3) is 0.316. The lowest BCUT2D eigenvalue weighted by atomic mass is 10.1. The number of rotatable bonds is 3. The molecule has 0 radical (unpaired) electrons. The number of amides is 2. The van der Waals surface area contributed by atoms with E-state index in [1.54, 1.807) is 4.90 Å². The van der Waals surface area contributed by atoms with Crippen molar-refractivity contribution in [2.24, 2.45) is 0 Å². The van der Waals surface area contributed by atoms with Gasteiger partial charge in [-0.1, -0.05) is 6.07 Å². The number of halogens is 2. The Morgan fingerprint density at radius 2 is 1.74 bits per heavy atom. The van der Waals surface area contributed by atoms with Crippen LogP contribution in [0.3, 0.4) is 0 Å². The molecule has 0 aliphatic carbocycles. The maximum absolute atomic E-state index is 13.2. The molecule has 6 nitrogen and oxygen atoms in total. The summed E-state index contributed by atoms with van der Waals surface area (Å²) in [6.07, 6.45) is 0. The molecule has 8 heteroatoms. The van der Waals surface area contributed by atoms with Crippen molar-refractivity contribution in [2.75, 3.05) is 38.3 Å². The third-order valence-electron chi connectivity index (χ3n) is 4.67. The molecule has 1 saturated heterocycles. The SMILES string of the molecule is O=C(Nc1ccc(F)c(F)c1)N1CCN(Cc2ccc3c(c2)OCO3)CC1. The van der Waals surface area contributed by atoms with Gasteiger partial charge in [-0.15, -0.1) is 0 Å². The number of hydrogen-bond donors (Lipinski definition) is 1. The molecule has 0 aromatic heterocycles. The molecule has 2 aromatic rings. The van der Waals surface area contributed by atoms with Crippen LogP contribution in [0.5, 0.6) is 11.5 Å². The molecule has 142 valence electrons. The van der Waals surface area contributed by atoms with Crippen LogP contribution < -0.4 is 14.8 Å². The number of urea groups is 1. The van der Waals surface area contributed by atoms with Crippen LogP contribution in [0, 0.1) is 11.6 Å². The Kier molecular flexibility index (Phi) is 4.81. The van der Waals surface area contributed by atoms with E-state index < -0.39 is 11.6 Å². The number of ether oxygens (including phenoxy) is 2. The van der Waals surface area contributed by atoms with E-state index in [-0.39, 0.29) is 18.5 Å². The molecular formula is C19H19F2N3O3. The second-order valence-electron chi connectivity index (χ2n) is 6.51. The largest absolute Gasteiger partial charge is 0.454 e. The van der Waals surface area contributed by atoms with E-state index >= 15 is 0 Å². The highest BCUT2D eigenvalue weighted by molar-refractivity contribution is 5.89. The minimum Gasteiger partial charge on any atom is -0.454 e. The van der Waals surface area contributed by atoms with Gasteiger partial charge in [-0.3, -0.25) is 4.90 Å². The fourth-order valence-corrected chi connectivity index (χ4v) is 3.18. The summed E-state index contributed by atoms with van der Waals surface area (Å²) in [5.74, 6) is -0.402. The van der Waals surface area contributed by atoms with Gasteiger partial charge in [-0.05, 0) is 29.8 Å². The van der Waals surface area contributed by atoms with Crippen molar-refractivity contribution in [1.29, 1.82) is 0 Å². The molecule has 2 aliphatic heterocycles. The lowest BCUT2D eigenvalue weighted by Crippen LogP contribution is -2.49. The maximum atomic E-state index is 13.2. The number of benzene rings is 2. The number of piperazine rings is 1. The third-order valence-corrected chi connectivity index (χ3v) is 4.67. The summed E-state index contributed by atoms with van der Waals surface area (Å²) in [6.45, 7) is 3.57. The zero-order valence-electron chi connectivity index (χ0n) is 14.6. The number of nitrogens with one attached hydrogen (secondary N) is 1. The van der Waals surface area contributed by atoms with Crippen molar-refractivity contribution in [3.05, 3.63) is 53.6 Å². The molecule has 0 bridgehead atoms. The first-order chi connectivity index (χ1) is 13.1. The molecule has 2 amide bonds. The van der Waals surface area contributed by atoms with E-state index in [0.29, 0.717) is 13.1 Å². The predicted octanol–water partition coefficient (Wildman–Crippen LogP) is 3.04. The Morgan fingerprint density at radius 3 is 2.52 bits per heavy atom. The highest BCUT2D eigenvalue weighted by atomic mass is 19.2. The molecule has 0 saturated carbocycles. The van der Waals surface area contributed by atoms with Crippen LogP contribution in [0.4, 0.5) is 19.3 Å². The Morgan fingerprint density at radius 1 is 0.963 bits per heavy atom. The minimum atomic E-state index is -0.985. The minimum absolute atomic E-state index is 0.238. The molecule has 0 atom stereocenters. The average molecular weight is 375 g/mol. The third kappa shape index (κ3) is 3.95. The Balaban J connectivity index is 1.29. The summed E-state index contributed by atoms with van der Waals surface area (Å²) in [7, 11) is 0. The predicted molar refractivity (Wildman–Crippen MR) is 94.8 cm³/mol. The van der Waals surface area contributed by atoms with Gasteiger partial charge in [0.1, 0.15) is 0 Å². The van der Waals surface area contributed by atoms with Crippen molar-refractivity contribution >= 4 is 11.7 Å². The molecule has 2 heterocycles. The Bertz CT molecular complexity index is 854. The van der Waals surface area contributed by atoms with Gasteiger partial charge in [0.25, 0.3) is 0 Å². The van der Waals surface area contributed by atoms with Crippen LogP contribution in [0.15, 0.2) is 36.4 Å². The van der Waals surface area contributed by atoms with E-state index in [0.717, 1.165) is 48.8 Å². The van der Waals surface area contributed by atoms with Crippen molar-refractivity contribution in [3.63, 3.8) is 0 Å². The lowest BCUT2D eigenvalue weighted by Gasteiger charge is -2.34. The number of carbonyl (C=O) groups excluding carboxylic acids is 1. The molecule has 1 fully saturated rings. The number of hydrogen-bond acceptors (Lipinski definition) is 4. The van der Waals surface area contributed by atoms with Gasteiger partial charge in [0.05, 0.1) is 0 Å². The summed E-state index contributed by atoms with van der Waals surface area (Å²) in [4.78, 5) is 16.2. The van der Waals surface area contributed by atoms with E-state index in [1.165, 1.54) is 6.07 Å². The summed E-state index contributed by atoms with van der Waals surface area (Å²) in [6, 6.07) is 8.89. The second kappa shape index (κ2) is 7.40. The first kappa shape index (κ1) is 17.5. The monoisotopic (exact) mass is 375 g/mol. The normalized spacial score (nSPS) is 16.4. The van der Waals surface area contributed by atoms with Crippen LogP contribution >= 0.6 is 0 Å². The Hall–Kier alpha value is -2.87. The zero-order valence-corrected chi connectivity index (χ0v) is 14.6. The quantitative estimate of drug-likeness (QED) is 0.896. The molecule has 2 aromatic carbocycles. The van der Waals surface area contributed by atoms with Gasteiger partial charge in [0.15, 0.2) is 23.1 Å². The fourth-order valence-electron chi connectivity index (χ4n) is 3.18. The van der Waals surface area contributed by atoms with E-state index in [1.807, 2.05) is 18.2 Å². The van der Waals surface area contributed by atoms with Gasteiger partial charge >= 0.3 is 6.03 Å². The summed E-state index contributed by atoms with van der Waals surface area (Å²) >= 11 is 0. The van der Waals surface area contributed by atoms with Crippen molar-refractivity contribution in [2.45, 2.75) is 6.54 Å². The van der Waals surface area contributed by atoms with E-state index in [2.05, 4.69) is 10.2 Å². The van der Waals surface area contributed by atoms with Crippen LogP contribution in [-0.4, -0.2) is 48.8 Å². The number of nitrogens with zero attached hydrogens (tertiary/aromatic N) is 2. The van der Waals surface area contributed by atoms with Crippen LogP contribution in [-0.2, 0) is 6.54 Å². The number of carbonyl (C=O) groups is 1. The molecule has 1 N–H and O–H groups in total. The summed E-state index contributed by atoms with van der Waals surface area (Å²) in [5, 5.41) is 2.60.